The second-order valence-corrected chi connectivity index (χ2v) is 5.76. The number of thioether (sulfide) groups is 1. The number of para-hydroxylation sites is 1. The first-order valence-corrected chi connectivity index (χ1v) is 7.44. The Morgan fingerprint density at radius 2 is 1.76 bits per heavy atom. The van der Waals surface area contributed by atoms with Crippen LogP contribution in [0.1, 0.15) is 11.1 Å². The number of aliphatic imine (C=N–C) groups is 1. The Hall–Kier alpha value is -2.33. The van der Waals surface area contributed by atoms with Crippen LogP contribution < -0.4 is 5.32 Å². The number of nitrogens with one attached hydrogen (secondary N) is 1. The van der Waals surface area contributed by atoms with E-state index in [-0.39, 0.29) is 5.91 Å². The lowest BCUT2D eigenvalue weighted by atomic mass is 10.1. The summed E-state index contributed by atoms with van der Waals surface area (Å²) in [5.74, 6) is -0.102. The molecule has 3 rings (SSSR count). The minimum atomic E-state index is -0.102. The third-order valence-electron chi connectivity index (χ3n) is 3.01. The first-order valence-electron chi connectivity index (χ1n) is 6.62. The number of amidine groups is 1. The topological polar surface area (TPSA) is 41.5 Å². The SMILES string of the molecule is Cc1ccc(C=C2SC(=Nc3ccccc3)NC2=O)cc1. The Morgan fingerprint density at radius 1 is 1.05 bits per heavy atom. The lowest BCUT2D eigenvalue weighted by Crippen LogP contribution is -2.19. The fourth-order valence-electron chi connectivity index (χ4n) is 1.91. The van der Waals surface area contributed by atoms with E-state index in [1.165, 1.54) is 17.3 Å². The molecule has 4 heteroatoms. The maximum atomic E-state index is 12.0. The van der Waals surface area contributed by atoms with Crippen molar-refractivity contribution in [2.24, 2.45) is 4.99 Å². The van der Waals surface area contributed by atoms with Crippen LogP contribution in [0.15, 0.2) is 64.5 Å². The van der Waals surface area contributed by atoms with Gasteiger partial charge in [-0.15, -0.1) is 0 Å². The van der Waals surface area contributed by atoms with Crippen LogP contribution in [0.5, 0.6) is 0 Å². The van der Waals surface area contributed by atoms with Crippen LogP contribution in [0, 0.1) is 6.92 Å². The molecular weight excluding hydrogens is 280 g/mol. The number of hydrogen-bond acceptors (Lipinski definition) is 3. The lowest BCUT2D eigenvalue weighted by Gasteiger charge is -1.96. The molecule has 104 valence electrons. The zero-order valence-corrected chi connectivity index (χ0v) is 12.4. The summed E-state index contributed by atoms with van der Waals surface area (Å²) in [6.45, 7) is 2.04. The normalized spacial score (nSPS) is 18.2. The maximum absolute atomic E-state index is 12.0. The zero-order chi connectivity index (χ0) is 14.7. The van der Waals surface area contributed by atoms with Gasteiger partial charge in [0.1, 0.15) is 0 Å². The molecule has 1 aliphatic rings. The van der Waals surface area contributed by atoms with Gasteiger partial charge in [0.05, 0.1) is 10.6 Å². The molecule has 1 saturated heterocycles. The van der Waals surface area contributed by atoms with Crippen molar-refractivity contribution in [2.45, 2.75) is 6.92 Å². The lowest BCUT2D eigenvalue weighted by molar-refractivity contribution is -0.115. The highest BCUT2D eigenvalue weighted by atomic mass is 32.2. The van der Waals surface area contributed by atoms with E-state index >= 15 is 0 Å². The molecule has 1 amide bonds. The van der Waals surface area contributed by atoms with Crippen molar-refractivity contribution in [1.82, 2.24) is 5.32 Å². The molecule has 1 fully saturated rings. The van der Waals surface area contributed by atoms with Gasteiger partial charge in [0.15, 0.2) is 5.17 Å². The highest BCUT2D eigenvalue weighted by molar-refractivity contribution is 8.18. The summed E-state index contributed by atoms with van der Waals surface area (Å²) in [5, 5.41) is 3.41. The number of nitrogens with zero attached hydrogens (tertiary/aromatic N) is 1. The third kappa shape index (κ3) is 3.41. The van der Waals surface area contributed by atoms with Gasteiger partial charge in [0.2, 0.25) is 0 Å². The molecule has 0 aromatic heterocycles. The molecule has 2 aromatic rings. The zero-order valence-electron chi connectivity index (χ0n) is 11.5. The first kappa shape index (κ1) is 13.6. The van der Waals surface area contributed by atoms with E-state index in [0.717, 1.165) is 11.3 Å². The van der Waals surface area contributed by atoms with Gasteiger partial charge in [0, 0.05) is 0 Å². The average Bonchev–Trinajstić information content (AvgIpc) is 2.82. The van der Waals surface area contributed by atoms with Crippen LogP contribution in [0.4, 0.5) is 5.69 Å². The van der Waals surface area contributed by atoms with Gasteiger partial charge < -0.3 is 5.32 Å². The van der Waals surface area contributed by atoms with Crippen molar-refractivity contribution in [3.05, 3.63) is 70.6 Å². The second-order valence-electron chi connectivity index (χ2n) is 4.73. The van der Waals surface area contributed by atoms with E-state index in [1.807, 2.05) is 67.6 Å². The summed E-state index contributed by atoms with van der Waals surface area (Å²) in [6, 6.07) is 17.7. The van der Waals surface area contributed by atoms with E-state index in [4.69, 9.17) is 0 Å². The van der Waals surface area contributed by atoms with Crippen molar-refractivity contribution in [2.75, 3.05) is 0 Å². The number of hydrogen-bond donors (Lipinski definition) is 1. The summed E-state index contributed by atoms with van der Waals surface area (Å²) in [6.07, 6.45) is 1.88. The van der Waals surface area contributed by atoms with Crippen LogP contribution >= 0.6 is 11.8 Å². The summed E-state index contributed by atoms with van der Waals surface area (Å²) in [5.41, 5.74) is 3.04. The fraction of sp³-hybridized carbons (Fsp3) is 0.0588. The number of carbonyl (C=O) groups is 1. The largest absolute Gasteiger partial charge is 0.300 e. The smallest absolute Gasteiger partial charge is 0.264 e. The van der Waals surface area contributed by atoms with Gasteiger partial charge in [-0.1, -0.05) is 48.0 Å². The van der Waals surface area contributed by atoms with Gasteiger partial charge >= 0.3 is 0 Å². The standard InChI is InChI=1S/C17H14N2OS/c1-12-7-9-13(10-8-12)11-15-16(20)19-17(21-15)18-14-5-3-2-4-6-14/h2-11H,1H3,(H,18,19,20). The molecule has 21 heavy (non-hydrogen) atoms. The Balaban J connectivity index is 1.82. The highest BCUT2D eigenvalue weighted by Gasteiger charge is 2.23. The summed E-state index contributed by atoms with van der Waals surface area (Å²) >= 11 is 1.36. The Morgan fingerprint density at radius 3 is 2.48 bits per heavy atom. The summed E-state index contributed by atoms with van der Waals surface area (Å²) in [7, 11) is 0. The highest BCUT2D eigenvalue weighted by Crippen LogP contribution is 2.27. The van der Waals surface area contributed by atoms with Gasteiger partial charge in [0.25, 0.3) is 5.91 Å². The predicted molar refractivity (Wildman–Crippen MR) is 88.4 cm³/mol. The van der Waals surface area contributed by atoms with E-state index < -0.39 is 0 Å². The van der Waals surface area contributed by atoms with Gasteiger partial charge in [-0.05, 0) is 42.5 Å². The number of benzene rings is 2. The molecule has 2 aromatic carbocycles. The molecule has 0 spiro atoms. The quantitative estimate of drug-likeness (QED) is 0.854. The van der Waals surface area contributed by atoms with Crippen molar-refractivity contribution in [3.63, 3.8) is 0 Å². The fourth-order valence-corrected chi connectivity index (χ4v) is 2.76. The van der Waals surface area contributed by atoms with E-state index in [0.29, 0.717) is 10.1 Å². The number of rotatable bonds is 2. The molecule has 0 radical (unpaired) electrons. The predicted octanol–water partition coefficient (Wildman–Crippen LogP) is 3.89. The monoisotopic (exact) mass is 294 g/mol. The van der Waals surface area contributed by atoms with Crippen molar-refractivity contribution >= 4 is 34.6 Å². The van der Waals surface area contributed by atoms with Crippen LogP contribution in [-0.4, -0.2) is 11.1 Å². The Kier molecular flexibility index (Phi) is 3.88. The van der Waals surface area contributed by atoms with Gasteiger partial charge in [-0.3, -0.25) is 4.79 Å². The Bertz CT molecular complexity index is 718. The van der Waals surface area contributed by atoms with Crippen LogP contribution in [0.3, 0.4) is 0 Å². The first-order chi connectivity index (χ1) is 10.2. The molecule has 0 aliphatic carbocycles. The van der Waals surface area contributed by atoms with Gasteiger partial charge in [-0.2, -0.15) is 0 Å². The maximum Gasteiger partial charge on any atom is 0.264 e. The van der Waals surface area contributed by atoms with E-state index in [2.05, 4.69) is 10.3 Å². The molecule has 0 unspecified atom stereocenters. The molecule has 0 atom stereocenters. The summed E-state index contributed by atoms with van der Waals surface area (Å²) in [4.78, 5) is 17.0. The molecule has 1 heterocycles. The Labute approximate surface area is 127 Å². The minimum absolute atomic E-state index is 0.102. The van der Waals surface area contributed by atoms with Gasteiger partial charge in [-0.25, -0.2) is 4.99 Å². The summed E-state index contributed by atoms with van der Waals surface area (Å²) < 4.78 is 0. The molecule has 3 nitrogen and oxygen atoms in total. The van der Waals surface area contributed by atoms with Crippen LogP contribution in [0.2, 0.25) is 0 Å². The molecular formula is C17H14N2OS. The molecule has 0 bridgehead atoms. The third-order valence-corrected chi connectivity index (χ3v) is 3.92. The van der Waals surface area contributed by atoms with Crippen LogP contribution in [0.25, 0.3) is 6.08 Å². The number of amides is 1. The molecule has 1 aliphatic heterocycles. The molecule has 1 N–H and O–H groups in total. The van der Waals surface area contributed by atoms with E-state index in [1.54, 1.807) is 0 Å². The second kappa shape index (κ2) is 5.97. The average molecular weight is 294 g/mol. The molecule has 0 saturated carbocycles. The minimum Gasteiger partial charge on any atom is -0.300 e. The number of aryl methyl sites for hydroxylation is 1. The van der Waals surface area contributed by atoms with Crippen molar-refractivity contribution < 1.29 is 4.79 Å². The van der Waals surface area contributed by atoms with Crippen molar-refractivity contribution in [1.29, 1.82) is 0 Å². The van der Waals surface area contributed by atoms with E-state index in [9.17, 15) is 4.79 Å². The number of carbonyl (C=O) groups excluding carboxylic acids is 1. The van der Waals surface area contributed by atoms with Crippen LogP contribution in [-0.2, 0) is 4.79 Å². The van der Waals surface area contributed by atoms with Crippen molar-refractivity contribution in [3.8, 4) is 0 Å².